The number of rotatable bonds is 6. The topological polar surface area (TPSA) is 95.0 Å². The Morgan fingerprint density at radius 1 is 1.29 bits per heavy atom. The van der Waals surface area contributed by atoms with E-state index in [-0.39, 0.29) is 12.0 Å². The van der Waals surface area contributed by atoms with E-state index in [4.69, 9.17) is 11.6 Å². The van der Waals surface area contributed by atoms with Gasteiger partial charge >= 0.3 is 0 Å². The first-order chi connectivity index (χ1) is 8.19. The van der Waals surface area contributed by atoms with E-state index in [1.165, 1.54) is 0 Å². The predicted octanol–water partition coefficient (Wildman–Crippen LogP) is 0.928. The smallest absolute Gasteiger partial charge is 0.253 e. The number of hydrogen-bond donors (Lipinski definition) is 4. The Morgan fingerprint density at radius 2 is 1.94 bits per heavy atom. The van der Waals surface area contributed by atoms with Gasteiger partial charge in [-0.3, -0.25) is 5.21 Å². The molecule has 1 unspecified atom stereocenters. The van der Waals surface area contributed by atoms with Gasteiger partial charge in [0.15, 0.2) is 0 Å². The number of anilines is 3. The number of aromatic nitrogens is 3. The van der Waals surface area contributed by atoms with Crippen molar-refractivity contribution in [3.63, 3.8) is 0 Å². The molecule has 17 heavy (non-hydrogen) atoms. The third-order valence-electron chi connectivity index (χ3n) is 1.86. The molecule has 1 rings (SSSR count). The van der Waals surface area contributed by atoms with Crippen LogP contribution in [-0.2, 0) is 0 Å². The summed E-state index contributed by atoms with van der Waals surface area (Å²) < 4.78 is 0. The van der Waals surface area contributed by atoms with E-state index < -0.39 is 0 Å². The van der Waals surface area contributed by atoms with Gasteiger partial charge in [-0.05, 0) is 13.3 Å². The third kappa shape index (κ3) is 4.12. The minimum Gasteiger partial charge on any atom is -0.354 e. The van der Waals surface area contributed by atoms with Gasteiger partial charge in [-0.15, -0.1) is 6.42 Å². The van der Waals surface area contributed by atoms with E-state index in [0.717, 1.165) is 13.0 Å². The van der Waals surface area contributed by atoms with Crippen molar-refractivity contribution < 1.29 is 5.21 Å². The lowest BCUT2D eigenvalue weighted by molar-refractivity contribution is 0.382. The summed E-state index contributed by atoms with van der Waals surface area (Å²) in [6.07, 6.45) is 6.19. The normalized spacial score (nSPS) is 11.4. The fraction of sp³-hybridized carbons (Fsp3) is 0.500. The molecule has 0 aliphatic heterocycles. The van der Waals surface area contributed by atoms with Gasteiger partial charge in [0.1, 0.15) is 0 Å². The van der Waals surface area contributed by atoms with Crippen LogP contribution in [-0.4, -0.2) is 32.7 Å². The first-order valence-electron chi connectivity index (χ1n) is 5.32. The molecule has 0 radical (unpaired) electrons. The molecule has 0 aromatic carbocycles. The second kappa shape index (κ2) is 6.50. The molecule has 0 amide bonds. The van der Waals surface area contributed by atoms with E-state index in [9.17, 15) is 0 Å². The van der Waals surface area contributed by atoms with Crippen LogP contribution >= 0.6 is 0 Å². The van der Waals surface area contributed by atoms with Gasteiger partial charge in [0.05, 0.1) is 6.04 Å². The third-order valence-corrected chi connectivity index (χ3v) is 1.86. The van der Waals surface area contributed by atoms with Crippen molar-refractivity contribution in [2.24, 2.45) is 0 Å². The Bertz CT molecular complexity index is 402. The van der Waals surface area contributed by atoms with Crippen LogP contribution in [0.3, 0.4) is 0 Å². The monoisotopic (exact) mass is 236 g/mol. The second-order valence-corrected chi connectivity index (χ2v) is 3.38. The molecule has 0 bridgehead atoms. The van der Waals surface area contributed by atoms with Crippen molar-refractivity contribution in [3.8, 4) is 12.3 Å². The van der Waals surface area contributed by atoms with Crippen molar-refractivity contribution in [2.45, 2.75) is 26.3 Å². The van der Waals surface area contributed by atoms with E-state index in [2.05, 4.69) is 31.5 Å². The number of nitrogens with zero attached hydrogens (tertiary/aromatic N) is 3. The zero-order chi connectivity index (χ0) is 12.7. The SMILES string of the molecule is C#CC(C)Nc1nc(NO)nc(NCCC)n1. The lowest BCUT2D eigenvalue weighted by atomic mass is 10.4. The lowest BCUT2D eigenvalue weighted by Crippen LogP contribution is -2.17. The molecule has 4 N–H and O–H groups in total. The van der Waals surface area contributed by atoms with E-state index in [1.54, 1.807) is 6.92 Å². The van der Waals surface area contributed by atoms with Gasteiger partial charge < -0.3 is 10.6 Å². The molecular formula is C10H16N6O. The highest BCUT2D eigenvalue weighted by atomic mass is 16.5. The van der Waals surface area contributed by atoms with Gasteiger partial charge in [0.25, 0.3) is 5.95 Å². The number of nitrogens with one attached hydrogen (secondary N) is 3. The van der Waals surface area contributed by atoms with Crippen LogP contribution in [0.2, 0.25) is 0 Å². The molecule has 1 aromatic heterocycles. The molecule has 0 aliphatic rings. The van der Waals surface area contributed by atoms with Crippen molar-refractivity contribution in [3.05, 3.63) is 0 Å². The van der Waals surface area contributed by atoms with Gasteiger partial charge in [-0.1, -0.05) is 12.8 Å². The Morgan fingerprint density at radius 3 is 2.53 bits per heavy atom. The lowest BCUT2D eigenvalue weighted by Gasteiger charge is -2.10. The number of hydrogen-bond acceptors (Lipinski definition) is 7. The first-order valence-corrected chi connectivity index (χ1v) is 5.32. The first kappa shape index (κ1) is 13.0. The quantitative estimate of drug-likeness (QED) is 0.431. The Hall–Kier alpha value is -2.07. The average Bonchev–Trinajstić information content (AvgIpc) is 2.35. The average molecular weight is 236 g/mol. The minimum atomic E-state index is -0.206. The summed E-state index contributed by atoms with van der Waals surface area (Å²) >= 11 is 0. The van der Waals surface area contributed by atoms with Crippen molar-refractivity contribution in [2.75, 3.05) is 22.7 Å². The van der Waals surface area contributed by atoms with Crippen LogP contribution in [0.15, 0.2) is 0 Å². The molecule has 7 heteroatoms. The van der Waals surface area contributed by atoms with Crippen LogP contribution in [0.4, 0.5) is 17.8 Å². The van der Waals surface area contributed by atoms with Crippen LogP contribution in [0.5, 0.6) is 0 Å². The van der Waals surface area contributed by atoms with Crippen LogP contribution in [0.1, 0.15) is 20.3 Å². The molecule has 0 saturated heterocycles. The largest absolute Gasteiger partial charge is 0.354 e. The number of terminal acetylenes is 1. The summed E-state index contributed by atoms with van der Waals surface area (Å²) in [5.74, 6) is 3.25. The summed E-state index contributed by atoms with van der Waals surface area (Å²) in [4.78, 5) is 12.0. The fourth-order valence-electron chi connectivity index (χ4n) is 1.04. The Labute approximate surface area is 100 Å². The van der Waals surface area contributed by atoms with Crippen molar-refractivity contribution >= 4 is 17.8 Å². The van der Waals surface area contributed by atoms with Gasteiger partial charge in [0.2, 0.25) is 11.9 Å². The molecule has 0 spiro atoms. The van der Waals surface area contributed by atoms with Gasteiger partial charge in [-0.2, -0.15) is 15.0 Å². The molecule has 1 heterocycles. The molecular weight excluding hydrogens is 220 g/mol. The fourth-order valence-corrected chi connectivity index (χ4v) is 1.04. The molecule has 1 atom stereocenters. The maximum Gasteiger partial charge on any atom is 0.253 e. The summed E-state index contributed by atoms with van der Waals surface area (Å²) in [6.45, 7) is 4.56. The molecule has 0 saturated carbocycles. The van der Waals surface area contributed by atoms with Crippen molar-refractivity contribution in [1.29, 1.82) is 0 Å². The molecule has 0 aliphatic carbocycles. The van der Waals surface area contributed by atoms with Crippen LogP contribution < -0.4 is 16.1 Å². The van der Waals surface area contributed by atoms with Crippen LogP contribution in [0.25, 0.3) is 0 Å². The molecule has 7 nitrogen and oxygen atoms in total. The highest BCUT2D eigenvalue weighted by molar-refractivity contribution is 5.42. The zero-order valence-electron chi connectivity index (χ0n) is 9.86. The highest BCUT2D eigenvalue weighted by Crippen LogP contribution is 2.09. The van der Waals surface area contributed by atoms with Gasteiger partial charge in [0, 0.05) is 6.54 Å². The summed E-state index contributed by atoms with van der Waals surface area (Å²) in [5, 5.41) is 14.7. The standard InChI is InChI=1S/C10H16N6O/c1-4-6-11-8-13-9(12-7(3)5-2)15-10(14-8)16-17/h2,7,17H,4,6H2,1,3H3,(H3,11,12,13,14,15,16). The van der Waals surface area contributed by atoms with Crippen LogP contribution in [0, 0.1) is 12.3 Å². The molecule has 1 aromatic rings. The van der Waals surface area contributed by atoms with Crippen molar-refractivity contribution in [1.82, 2.24) is 15.0 Å². The zero-order valence-corrected chi connectivity index (χ0v) is 9.86. The molecule has 0 fully saturated rings. The van der Waals surface area contributed by atoms with Gasteiger partial charge in [-0.25, -0.2) is 5.48 Å². The summed E-state index contributed by atoms with van der Waals surface area (Å²) in [6, 6.07) is -0.206. The minimum absolute atomic E-state index is 0.0605. The maximum absolute atomic E-state index is 8.80. The van der Waals surface area contributed by atoms with E-state index in [1.807, 2.05) is 12.4 Å². The highest BCUT2D eigenvalue weighted by Gasteiger charge is 2.07. The summed E-state index contributed by atoms with van der Waals surface area (Å²) in [7, 11) is 0. The van der Waals surface area contributed by atoms with E-state index >= 15 is 0 Å². The Kier molecular flexibility index (Phi) is 4.97. The second-order valence-electron chi connectivity index (χ2n) is 3.38. The maximum atomic E-state index is 8.80. The molecule has 92 valence electrons. The Balaban J connectivity index is 2.85. The predicted molar refractivity (Wildman–Crippen MR) is 65.9 cm³/mol. The summed E-state index contributed by atoms with van der Waals surface area (Å²) in [5.41, 5.74) is 1.88. The van der Waals surface area contributed by atoms with E-state index in [0.29, 0.717) is 11.9 Å².